The Morgan fingerprint density at radius 2 is 1.68 bits per heavy atom. The van der Waals surface area contributed by atoms with Gasteiger partial charge in [0.2, 0.25) is 5.75 Å². The first kappa shape index (κ1) is 22.8. The van der Waals surface area contributed by atoms with Crippen LogP contribution >= 0.6 is 23.6 Å². The Hall–Kier alpha value is -2.85. The highest BCUT2D eigenvalue weighted by Gasteiger charge is 2.24. The third-order valence-electron chi connectivity index (χ3n) is 5.05. The lowest BCUT2D eigenvalue weighted by Gasteiger charge is -2.14. The van der Waals surface area contributed by atoms with Gasteiger partial charge in [0.25, 0.3) is 11.8 Å². The van der Waals surface area contributed by atoms with Gasteiger partial charge in [0.05, 0.1) is 26.9 Å². The Labute approximate surface area is 190 Å². The van der Waals surface area contributed by atoms with E-state index in [9.17, 15) is 9.59 Å². The number of nitrogens with two attached hydrogens (primary N) is 1. The molecule has 10 heteroatoms. The van der Waals surface area contributed by atoms with Crippen molar-refractivity contribution >= 4 is 45.5 Å². The van der Waals surface area contributed by atoms with E-state index >= 15 is 0 Å². The van der Waals surface area contributed by atoms with Crippen molar-refractivity contribution in [3.63, 3.8) is 0 Å². The number of thiocarbonyl (C=S) groups is 1. The molecule has 166 valence electrons. The first-order chi connectivity index (χ1) is 14.9. The Morgan fingerprint density at radius 1 is 1.03 bits per heavy atom. The Morgan fingerprint density at radius 3 is 2.26 bits per heavy atom. The second-order valence-corrected chi connectivity index (χ2v) is 8.47. The molecule has 2 aromatic rings. The van der Waals surface area contributed by atoms with Crippen LogP contribution in [0.15, 0.2) is 12.1 Å². The van der Waals surface area contributed by atoms with Crippen LogP contribution in [0.5, 0.6) is 17.2 Å². The van der Waals surface area contributed by atoms with E-state index in [0.717, 1.165) is 42.5 Å². The number of ether oxygens (including phenoxy) is 3. The standard InChI is InChI=1S/C21H25N3O5S2/c1-27-13-9-11(10-14(28-2)17(13)29-3)19(26)23-21(30)24-20-16(18(22)25)12-7-5-4-6-8-15(12)31-20/h9-10H,4-8H2,1-3H3,(H2,22,25)(H2,23,24,26,30). The van der Waals surface area contributed by atoms with Gasteiger partial charge in [0.15, 0.2) is 16.6 Å². The molecule has 3 rings (SSSR count). The van der Waals surface area contributed by atoms with Crippen LogP contribution in [0.2, 0.25) is 0 Å². The fourth-order valence-corrected chi connectivity index (χ4v) is 5.17. The Kier molecular flexibility index (Phi) is 7.34. The van der Waals surface area contributed by atoms with Crippen molar-refractivity contribution in [2.24, 2.45) is 5.73 Å². The molecule has 1 aromatic carbocycles. The van der Waals surface area contributed by atoms with Crippen LogP contribution < -0.4 is 30.6 Å². The second kappa shape index (κ2) is 9.97. The first-order valence-electron chi connectivity index (χ1n) is 9.76. The van der Waals surface area contributed by atoms with Gasteiger partial charge in [-0.1, -0.05) is 6.42 Å². The fraction of sp³-hybridized carbons (Fsp3) is 0.381. The van der Waals surface area contributed by atoms with Gasteiger partial charge in [0.1, 0.15) is 5.00 Å². The number of carbonyl (C=O) groups is 2. The minimum atomic E-state index is -0.499. The van der Waals surface area contributed by atoms with Crippen molar-refractivity contribution in [1.82, 2.24) is 5.32 Å². The number of aryl methyl sites for hydroxylation is 1. The van der Waals surface area contributed by atoms with Gasteiger partial charge in [-0.25, -0.2) is 0 Å². The van der Waals surface area contributed by atoms with Crippen LogP contribution in [0.4, 0.5) is 5.00 Å². The highest BCUT2D eigenvalue weighted by Crippen LogP contribution is 2.39. The number of methoxy groups -OCH3 is 3. The molecule has 1 aliphatic carbocycles. The number of thiophene rings is 1. The maximum atomic E-state index is 12.8. The smallest absolute Gasteiger partial charge is 0.257 e. The summed E-state index contributed by atoms with van der Waals surface area (Å²) in [6, 6.07) is 3.06. The van der Waals surface area contributed by atoms with Crippen LogP contribution in [-0.2, 0) is 12.8 Å². The van der Waals surface area contributed by atoms with Crippen molar-refractivity contribution in [3.05, 3.63) is 33.7 Å². The lowest BCUT2D eigenvalue weighted by Crippen LogP contribution is -2.34. The molecule has 0 saturated carbocycles. The Balaban J connectivity index is 1.80. The summed E-state index contributed by atoms with van der Waals surface area (Å²) in [5.41, 5.74) is 7.39. The molecule has 31 heavy (non-hydrogen) atoms. The van der Waals surface area contributed by atoms with E-state index in [2.05, 4.69) is 10.6 Å². The lowest BCUT2D eigenvalue weighted by molar-refractivity contribution is 0.0974. The zero-order chi connectivity index (χ0) is 22.5. The topological polar surface area (TPSA) is 112 Å². The number of amides is 2. The number of nitrogens with one attached hydrogen (secondary N) is 2. The van der Waals surface area contributed by atoms with Crippen molar-refractivity contribution in [1.29, 1.82) is 0 Å². The normalized spacial score (nSPS) is 12.9. The highest BCUT2D eigenvalue weighted by atomic mass is 32.1. The maximum absolute atomic E-state index is 12.8. The van der Waals surface area contributed by atoms with E-state index in [4.69, 9.17) is 32.2 Å². The maximum Gasteiger partial charge on any atom is 0.257 e. The molecule has 1 aromatic heterocycles. The summed E-state index contributed by atoms with van der Waals surface area (Å²) < 4.78 is 15.8. The first-order valence-corrected chi connectivity index (χ1v) is 11.0. The van der Waals surface area contributed by atoms with Crippen molar-refractivity contribution < 1.29 is 23.8 Å². The number of anilines is 1. The van der Waals surface area contributed by atoms with Crippen LogP contribution in [0.3, 0.4) is 0 Å². The van der Waals surface area contributed by atoms with Crippen molar-refractivity contribution in [3.8, 4) is 17.2 Å². The van der Waals surface area contributed by atoms with E-state index in [1.54, 1.807) is 0 Å². The molecule has 0 aliphatic heterocycles. The van der Waals surface area contributed by atoms with Crippen LogP contribution in [0.25, 0.3) is 0 Å². The average molecular weight is 464 g/mol. The molecule has 1 aliphatic rings. The quantitative estimate of drug-likeness (QED) is 0.445. The predicted octanol–water partition coefficient (Wildman–Crippen LogP) is 3.27. The largest absolute Gasteiger partial charge is 0.493 e. The second-order valence-electron chi connectivity index (χ2n) is 6.96. The number of benzene rings is 1. The third-order valence-corrected chi connectivity index (χ3v) is 6.46. The number of rotatable bonds is 6. The summed E-state index contributed by atoms with van der Waals surface area (Å²) in [4.78, 5) is 26.0. The molecule has 0 fully saturated rings. The molecule has 0 bridgehead atoms. The lowest BCUT2D eigenvalue weighted by atomic mass is 10.1. The monoisotopic (exact) mass is 463 g/mol. The minimum Gasteiger partial charge on any atom is -0.493 e. The zero-order valence-corrected chi connectivity index (χ0v) is 19.3. The summed E-state index contributed by atoms with van der Waals surface area (Å²) in [6.07, 6.45) is 4.95. The summed E-state index contributed by atoms with van der Waals surface area (Å²) >= 11 is 6.79. The summed E-state index contributed by atoms with van der Waals surface area (Å²) in [5, 5.41) is 6.24. The number of hydrogen-bond donors (Lipinski definition) is 3. The highest BCUT2D eigenvalue weighted by molar-refractivity contribution is 7.80. The van der Waals surface area contributed by atoms with Gasteiger partial charge in [-0.05, 0) is 55.6 Å². The van der Waals surface area contributed by atoms with Gasteiger partial charge in [-0.15, -0.1) is 11.3 Å². The molecule has 0 radical (unpaired) electrons. The molecule has 2 amide bonds. The molecule has 0 spiro atoms. The summed E-state index contributed by atoms with van der Waals surface area (Å²) in [7, 11) is 4.42. The van der Waals surface area contributed by atoms with Crippen LogP contribution in [-0.4, -0.2) is 38.3 Å². The average Bonchev–Trinajstić information content (AvgIpc) is 2.92. The SMILES string of the molecule is COc1cc(C(=O)NC(=S)Nc2sc3c(c2C(N)=O)CCCCC3)cc(OC)c1OC. The van der Waals surface area contributed by atoms with Gasteiger partial charge < -0.3 is 25.3 Å². The number of carbonyl (C=O) groups excluding carboxylic acids is 2. The van der Waals surface area contributed by atoms with Crippen LogP contribution in [0.1, 0.15) is 50.4 Å². The molecular weight excluding hydrogens is 438 g/mol. The minimum absolute atomic E-state index is 0.0673. The fourth-order valence-electron chi connectivity index (χ4n) is 3.61. The Bertz CT molecular complexity index is 994. The molecule has 0 saturated heterocycles. The van der Waals surface area contributed by atoms with Gasteiger partial charge in [-0.2, -0.15) is 0 Å². The van der Waals surface area contributed by atoms with E-state index in [1.165, 1.54) is 44.8 Å². The molecule has 0 atom stereocenters. The van der Waals surface area contributed by atoms with Crippen molar-refractivity contribution in [2.75, 3.05) is 26.6 Å². The third kappa shape index (κ3) is 4.91. The molecule has 4 N–H and O–H groups in total. The van der Waals surface area contributed by atoms with Crippen molar-refractivity contribution in [2.45, 2.75) is 32.1 Å². The van der Waals surface area contributed by atoms with Gasteiger partial charge in [0, 0.05) is 10.4 Å². The predicted molar refractivity (Wildman–Crippen MR) is 124 cm³/mol. The van der Waals surface area contributed by atoms with E-state index in [0.29, 0.717) is 27.8 Å². The number of primary amides is 1. The summed E-state index contributed by atoms with van der Waals surface area (Å²) in [5.74, 6) is 0.123. The zero-order valence-electron chi connectivity index (χ0n) is 17.6. The van der Waals surface area contributed by atoms with Gasteiger partial charge >= 0.3 is 0 Å². The van der Waals surface area contributed by atoms with Crippen LogP contribution in [0, 0.1) is 0 Å². The molecule has 1 heterocycles. The molecule has 8 nitrogen and oxygen atoms in total. The van der Waals surface area contributed by atoms with E-state index in [-0.39, 0.29) is 10.7 Å². The van der Waals surface area contributed by atoms with E-state index in [1.807, 2.05) is 0 Å². The summed E-state index contributed by atoms with van der Waals surface area (Å²) in [6.45, 7) is 0. The molecular formula is C21H25N3O5S2. The molecule has 0 unspecified atom stereocenters. The number of hydrogen-bond acceptors (Lipinski definition) is 7. The number of fused-ring (bicyclic) bond motifs is 1. The van der Waals surface area contributed by atoms with Gasteiger partial charge in [-0.3, -0.25) is 14.9 Å². The van der Waals surface area contributed by atoms with E-state index < -0.39 is 11.8 Å².